The van der Waals surface area contributed by atoms with Crippen LogP contribution in [0.25, 0.3) is 111 Å². The van der Waals surface area contributed by atoms with E-state index in [0.29, 0.717) is 17.7 Å². The second kappa shape index (κ2) is 14.6. The van der Waals surface area contributed by atoms with Crippen LogP contribution in [0.15, 0.2) is 229 Å². The maximum atomic E-state index is 7.14. The molecule has 10 aromatic carbocycles. The van der Waals surface area contributed by atoms with Gasteiger partial charge >= 0.3 is 0 Å². The second-order valence-electron chi connectivity index (χ2n) is 20.2. The van der Waals surface area contributed by atoms with Crippen LogP contribution in [-0.4, -0.2) is 24.1 Å². The number of fused-ring (bicyclic) bond motifs is 15. The van der Waals surface area contributed by atoms with Gasteiger partial charge in [0.1, 0.15) is 11.2 Å². The van der Waals surface area contributed by atoms with Crippen LogP contribution in [0.5, 0.6) is 0 Å². The molecule has 0 saturated carbocycles. The number of hydrogen-bond acceptors (Lipinski definition) is 4. The summed E-state index contributed by atoms with van der Waals surface area (Å²) >= 11 is 0. The van der Waals surface area contributed by atoms with E-state index in [1.54, 1.807) is 0 Å². The quantitative estimate of drug-likeness (QED) is 0.172. The van der Waals surface area contributed by atoms with Crippen LogP contribution in [-0.2, 0) is 10.8 Å². The minimum Gasteiger partial charge on any atom is -0.456 e. The Bertz CT molecular complexity index is 4400. The smallest absolute Gasteiger partial charge is 0.240 e. The molecule has 0 spiro atoms. The van der Waals surface area contributed by atoms with Gasteiger partial charge in [-0.1, -0.05) is 196 Å². The van der Waals surface area contributed by atoms with E-state index in [4.69, 9.17) is 19.4 Å². The maximum Gasteiger partial charge on any atom is 0.240 e. The highest BCUT2D eigenvalue weighted by Gasteiger charge is 2.52. The van der Waals surface area contributed by atoms with Crippen molar-refractivity contribution in [2.45, 2.75) is 24.7 Å². The van der Waals surface area contributed by atoms with Crippen molar-refractivity contribution in [3.05, 3.63) is 258 Å². The fourth-order valence-corrected chi connectivity index (χ4v) is 13.3. The molecule has 4 heterocycles. The zero-order valence-corrected chi connectivity index (χ0v) is 40.0. The number of hydrogen-bond donors (Lipinski definition) is 0. The Morgan fingerprint density at radius 3 is 1.33 bits per heavy atom. The summed E-state index contributed by atoms with van der Waals surface area (Å²) in [7, 11) is 0. The Labute approximate surface area is 420 Å². The summed E-state index contributed by atoms with van der Waals surface area (Å²) in [5, 5.41) is 6.74. The predicted octanol–water partition coefficient (Wildman–Crippen LogP) is 16.3. The second-order valence-corrected chi connectivity index (χ2v) is 20.2. The summed E-state index contributed by atoms with van der Waals surface area (Å²) in [6, 6.07) is 81.2. The molecule has 0 fully saturated rings. The summed E-state index contributed by atoms with van der Waals surface area (Å²) in [6.45, 7) is 4.79. The number of rotatable bonds is 5. The zero-order chi connectivity index (χ0) is 48.2. The lowest BCUT2D eigenvalue weighted by atomic mass is 9.63. The molecule has 16 rings (SSSR count). The van der Waals surface area contributed by atoms with E-state index in [1.165, 1.54) is 50.1 Å². The lowest BCUT2D eigenvalue weighted by Gasteiger charge is -2.38. The highest BCUT2D eigenvalue weighted by molar-refractivity contribution is 6.11. The SMILES string of the molecule is CC1(C)c2ccccc2-c2cc(-c3nc(-n4c5ccccc5c5ccccc54)nc(-n4c5ccccc5c5ccccc54)n3)cc(C3(c4cccc5c4oc4ccccc45)c4ccccc4-c4ccccc43)c21. The molecule has 342 valence electrons. The molecule has 4 aromatic heterocycles. The van der Waals surface area contributed by atoms with Gasteiger partial charge in [-0.3, -0.25) is 9.13 Å². The Morgan fingerprint density at radius 1 is 0.356 bits per heavy atom. The van der Waals surface area contributed by atoms with Crippen LogP contribution in [0.2, 0.25) is 0 Å². The molecular formula is C67H43N5O. The molecule has 2 aliphatic rings. The summed E-state index contributed by atoms with van der Waals surface area (Å²) in [4.78, 5) is 16.9. The van der Waals surface area contributed by atoms with Crippen LogP contribution in [0.1, 0.15) is 47.2 Å². The molecule has 0 saturated heterocycles. The van der Waals surface area contributed by atoms with E-state index in [-0.39, 0.29) is 0 Å². The van der Waals surface area contributed by atoms with Gasteiger partial charge in [-0.25, -0.2) is 0 Å². The highest BCUT2D eigenvalue weighted by Crippen LogP contribution is 2.62. The molecule has 0 unspecified atom stereocenters. The number of benzene rings is 10. The summed E-state index contributed by atoms with van der Waals surface area (Å²) in [5.74, 6) is 1.66. The lowest BCUT2D eigenvalue weighted by molar-refractivity contribution is 0.620. The van der Waals surface area contributed by atoms with Crippen molar-refractivity contribution in [2.75, 3.05) is 0 Å². The molecule has 0 atom stereocenters. The molecule has 0 N–H and O–H groups in total. The van der Waals surface area contributed by atoms with E-state index in [9.17, 15) is 0 Å². The first-order chi connectivity index (χ1) is 36.0. The largest absolute Gasteiger partial charge is 0.456 e. The zero-order valence-electron chi connectivity index (χ0n) is 40.0. The average Bonchev–Trinajstić information content (AvgIpc) is 4.23. The van der Waals surface area contributed by atoms with Crippen LogP contribution in [0.4, 0.5) is 0 Å². The minimum absolute atomic E-state index is 0.400. The molecule has 0 aliphatic heterocycles. The molecule has 2 aliphatic carbocycles. The van der Waals surface area contributed by atoms with Gasteiger partial charge in [0, 0.05) is 48.9 Å². The average molecular weight is 934 g/mol. The van der Waals surface area contributed by atoms with E-state index in [1.807, 2.05) is 0 Å². The first-order valence-electron chi connectivity index (χ1n) is 25.1. The molecule has 73 heavy (non-hydrogen) atoms. The van der Waals surface area contributed by atoms with Gasteiger partial charge in [0.15, 0.2) is 5.82 Å². The monoisotopic (exact) mass is 933 g/mol. The first kappa shape index (κ1) is 40.4. The van der Waals surface area contributed by atoms with Crippen molar-refractivity contribution >= 4 is 65.6 Å². The van der Waals surface area contributed by atoms with Gasteiger partial charge < -0.3 is 4.42 Å². The minimum atomic E-state index is -0.849. The third-order valence-electron chi connectivity index (χ3n) is 16.2. The van der Waals surface area contributed by atoms with Crippen LogP contribution in [0, 0.1) is 0 Å². The Hall–Kier alpha value is -9.39. The lowest BCUT2D eigenvalue weighted by Crippen LogP contribution is -2.33. The molecule has 0 radical (unpaired) electrons. The molecule has 6 heteroatoms. The van der Waals surface area contributed by atoms with Crippen molar-refractivity contribution in [3.63, 3.8) is 0 Å². The fourth-order valence-electron chi connectivity index (χ4n) is 13.3. The Morgan fingerprint density at radius 2 is 0.781 bits per heavy atom. The van der Waals surface area contributed by atoms with E-state index in [0.717, 1.165) is 76.7 Å². The number of para-hydroxylation sites is 6. The van der Waals surface area contributed by atoms with Crippen LogP contribution < -0.4 is 0 Å². The van der Waals surface area contributed by atoms with E-state index < -0.39 is 10.8 Å². The van der Waals surface area contributed by atoms with Crippen molar-refractivity contribution < 1.29 is 4.42 Å². The van der Waals surface area contributed by atoms with Crippen molar-refractivity contribution in [3.8, 4) is 45.5 Å². The fraction of sp³-hybridized carbons (Fsp3) is 0.0597. The van der Waals surface area contributed by atoms with Crippen molar-refractivity contribution in [2.24, 2.45) is 0 Å². The third-order valence-corrected chi connectivity index (χ3v) is 16.2. The van der Waals surface area contributed by atoms with Gasteiger partial charge in [0.2, 0.25) is 11.9 Å². The standard InChI is InChI=1S/C67H43N5O/c1-66(2)51-29-11-3-22-43(51)50-38-40(39-55(61(50)66)67(52-30-12-4-20-41(52)42-21-5-13-31-53(42)67)54-32-19-28-49-48-27-10-18-37-60(48)73-62(49)54)63-68-64(71-56-33-14-6-23-44(56)45-24-7-15-34-57(45)71)70-65(69-63)72-58-35-16-8-25-46(58)47-26-9-17-36-59(47)72/h3-39H,1-2H3. The number of nitrogens with zero attached hydrogens (tertiary/aromatic N) is 5. The number of aromatic nitrogens is 5. The maximum absolute atomic E-state index is 7.14. The van der Waals surface area contributed by atoms with Gasteiger partial charge in [-0.05, 0) is 92.5 Å². The van der Waals surface area contributed by atoms with E-state index in [2.05, 4.69) is 247 Å². The van der Waals surface area contributed by atoms with E-state index >= 15 is 0 Å². The summed E-state index contributed by atoms with van der Waals surface area (Å²) in [5.41, 5.74) is 17.5. The van der Waals surface area contributed by atoms with Gasteiger partial charge in [0.25, 0.3) is 0 Å². The molecule has 6 nitrogen and oxygen atoms in total. The predicted molar refractivity (Wildman–Crippen MR) is 296 cm³/mol. The summed E-state index contributed by atoms with van der Waals surface area (Å²) < 4.78 is 11.6. The first-order valence-corrected chi connectivity index (χ1v) is 25.1. The van der Waals surface area contributed by atoms with Crippen LogP contribution >= 0.6 is 0 Å². The van der Waals surface area contributed by atoms with Gasteiger partial charge in [-0.2, -0.15) is 15.0 Å². The van der Waals surface area contributed by atoms with Gasteiger partial charge in [0.05, 0.1) is 27.5 Å². The normalized spacial score (nSPS) is 14.1. The highest BCUT2D eigenvalue weighted by atomic mass is 16.3. The Balaban J connectivity index is 1.08. The van der Waals surface area contributed by atoms with Gasteiger partial charge in [-0.15, -0.1) is 0 Å². The van der Waals surface area contributed by atoms with Crippen molar-refractivity contribution in [1.29, 1.82) is 0 Å². The summed E-state index contributed by atoms with van der Waals surface area (Å²) in [6.07, 6.45) is 0. The van der Waals surface area contributed by atoms with Crippen LogP contribution in [0.3, 0.4) is 0 Å². The number of furan rings is 1. The topological polar surface area (TPSA) is 61.7 Å². The van der Waals surface area contributed by atoms with Crippen molar-refractivity contribution in [1.82, 2.24) is 24.1 Å². The third kappa shape index (κ3) is 5.29. The molecule has 0 amide bonds. The molecule has 14 aromatic rings. The Kier molecular flexibility index (Phi) is 8.07. The molecule has 0 bridgehead atoms. The molecular weight excluding hydrogens is 891 g/mol.